The van der Waals surface area contributed by atoms with Gasteiger partial charge in [-0.25, -0.2) is 4.39 Å². The Labute approximate surface area is 225 Å². The normalized spacial score (nSPS) is 20.6. The number of nitrogens with zero attached hydrogens (tertiary/aromatic N) is 3. The summed E-state index contributed by atoms with van der Waals surface area (Å²) in [4.78, 5) is 46.2. The van der Waals surface area contributed by atoms with Gasteiger partial charge in [0.15, 0.2) is 0 Å². The van der Waals surface area contributed by atoms with E-state index in [0.717, 1.165) is 5.56 Å². The number of benzene rings is 2. The molecule has 2 aliphatic rings. The maximum Gasteiger partial charge on any atom is 0.249 e. The van der Waals surface area contributed by atoms with Crippen molar-refractivity contribution in [1.82, 2.24) is 20.0 Å². The van der Waals surface area contributed by atoms with Crippen LogP contribution >= 0.6 is 0 Å². The predicted octanol–water partition coefficient (Wildman–Crippen LogP) is 3.17. The van der Waals surface area contributed by atoms with Gasteiger partial charge in [0.2, 0.25) is 17.7 Å². The Kier molecular flexibility index (Phi) is 8.21. The van der Waals surface area contributed by atoms with E-state index in [9.17, 15) is 14.4 Å². The van der Waals surface area contributed by atoms with Gasteiger partial charge in [0.1, 0.15) is 23.9 Å². The zero-order valence-corrected chi connectivity index (χ0v) is 23.2. The predicted molar refractivity (Wildman–Crippen MR) is 145 cm³/mol. The molecule has 0 spiro atoms. The molecule has 0 bridgehead atoms. The van der Waals surface area contributed by atoms with Crippen LogP contribution in [0.4, 0.5) is 4.39 Å². The fourth-order valence-corrected chi connectivity index (χ4v) is 5.78. The van der Waals surface area contributed by atoms with Crippen LogP contribution in [0.3, 0.4) is 0 Å². The zero-order valence-electron chi connectivity index (χ0n) is 23.2. The molecule has 7 nitrogen and oxygen atoms in total. The molecule has 1 fully saturated rings. The molecule has 8 heteroatoms. The molecule has 204 valence electrons. The Bertz CT molecular complexity index is 1190. The van der Waals surface area contributed by atoms with Crippen LogP contribution in [0.1, 0.15) is 48.6 Å². The minimum atomic E-state index is -1.24. The van der Waals surface area contributed by atoms with Crippen molar-refractivity contribution < 1.29 is 18.8 Å². The van der Waals surface area contributed by atoms with E-state index in [-0.39, 0.29) is 29.2 Å². The average Bonchev–Trinajstić information content (AvgIpc) is 3.27. The monoisotopic (exact) mass is 522 g/mol. The van der Waals surface area contributed by atoms with Crippen LogP contribution in [0.5, 0.6) is 0 Å². The lowest BCUT2D eigenvalue weighted by atomic mass is 9.87. The summed E-state index contributed by atoms with van der Waals surface area (Å²) in [5, 5.41) is 2.99. The zero-order chi connectivity index (χ0) is 27.7. The number of halogens is 1. The summed E-state index contributed by atoms with van der Waals surface area (Å²) in [6.45, 7) is 4.47. The van der Waals surface area contributed by atoms with E-state index >= 15 is 4.39 Å². The molecule has 2 aromatic carbocycles. The Balaban J connectivity index is 1.77. The summed E-state index contributed by atoms with van der Waals surface area (Å²) < 4.78 is 15.7. The van der Waals surface area contributed by atoms with Crippen molar-refractivity contribution in [2.24, 2.45) is 11.8 Å². The van der Waals surface area contributed by atoms with E-state index in [1.54, 1.807) is 26.2 Å². The molecule has 38 heavy (non-hydrogen) atoms. The molecule has 0 saturated carbocycles. The number of piperazine rings is 1. The quantitative estimate of drug-likeness (QED) is 0.578. The summed E-state index contributed by atoms with van der Waals surface area (Å²) >= 11 is 0. The summed E-state index contributed by atoms with van der Waals surface area (Å²) in [5.74, 6) is -1.67. The summed E-state index contributed by atoms with van der Waals surface area (Å²) in [7, 11) is 6.97. The van der Waals surface area contributed by atoms with Crippen molar-refractivity contribution in [3.8, 4) is 0 Å². The Morgan fingerprint density at radius 2 is 1.68 bits per heavy atom. The number of amides is 3. The molecule has 1 heterocycles. The van der Waals surface area contributed by atoms with Crippen LogP contribution < -0.4 is 5.32 Å². The smallest absolute Gasteiger partial charge is 0.249 e. The molecule has 1 aliphatic carbocycles. The van der Waals surface area contributed by atoms with Crippen LogP contribution in [-0.4, -0.2) is 72.7 Å². The molecular formula is C30H39FN4O3. The van der Waals surface area contributed by atoms with Gasteiger partial charge in [0.05, 0.1) is 0 Å². The largest absolute Gasteiger partial charge is 0.347 e. The number of likely N-dealkylation sites (N-methyl/N-ethyl adjacent to an activating group) is 1. The fourth-order valence-electron chi connectivity index (χ4n) is 5.78. The lowest BCUT2D eigenvalue weighted by molar-refractivity contribution is -0.159. The maximum absolute atomic E-state index is 15.7. The van der Waals surface area contributed by atoms with Crippen molar-refractivity contribution in [2.75, 3.05) is 28.2 Å². The Morgan fingerprint density at radius 1 is 1.05 bits per heavy atom. The second-order valence-electron chi connectivity index (χ2n) is 11.5. The molecule has 1 aliphatic heterocycles. The van der Waals surface area contributed by atoms with Gasteiger partial charge < -0.3 is 20.0 Å². The maximum atomic E-state index is 15.7. The third kappa shape index (κ3) is 5.60. The summed E-state index contributed by atoms with van der Waals surface area (Å²) in [5.41, 5.74) is 3.20. The van der Waals surface area contributed by atoms with E-state index in [1.807, 2.05) is 57.1 Å². The van der Waals surface area contributed by atoms with Gasteiger partial charge in [-0.15, -0.1) is 0 Å². The van der Waals surface area contributed by atoms with E-state index in [1.165, 1.54) is 27.0 Å². The molecule has 0 aromatic heterocycles. The lowest BCUT2D eigenvalue weighted by Crippen LogP contribution is -2.67. The van der Waals surface area contributed by atoms with Gasteiger partial charge in [-0.3, -0.25) is 14.4 Å². The third-order valence-electron chi connectivity index (χ3n) is 7.52. The van der Waals surface area contributed by atoms with Gasteiger partial charge in [0.25, 0.3) is 0 Å². The highest BCUT2D eigenvalue weighted by Gasteiger charge is 2.50. The molecule has 2 aromatic rings. The topological polar surface area (TPSA) is 73.0 Å². The molecule has 3 atom stereocenters. The van der Waals surface area contributed by atoms with E-state index in [2.05, 4.69) is 5.32 Å². The second-order valence-corrected chi connectivity index (χ2v) is 11.5. The van der Waals surface area contributed by atoms with Crippen molar-refractivity contribution in [2.45, 2.75) is 57.8 Å². The molecule has 0 unspecified atom stereocenters. The van der Waals surface area contributed by atoms with Gasteiger partial charge >= 0.3 is 0 Å². The van der Waals surface area contributed by atoms with Gasteiger partial charge in [-0.1, -0.05) is 50.2 Å². The van der Waals surface area contributed by atoms with Crippen LogP contribution in [-0.2, 0) is 33.8 Å². The standard InChI is InChI=1S/C30H39FN4O3/c1-18(2)13-25-28(36)32-26(22-15-20-9-7-8-10-21(20)16-22)29(37)35(25)27(30(38)34(5)6)23-12-11-19(14-24(23)31)17-33(3)4/h7-12,14,18,22,25-27H,13,15-17H2,1-6H3,(H,32,36)/t25-,26-,27-/m1/s1. The van der Waals surface area contributed by atoms with E-state index in [4.69, 9.17) is 0 Å². The van der Waals surface area contributed by atoms with E-state index in [0.29, 0.717) is 25.8 Å². The number of nitrogens with one attached hydrogen (secondary N) is 1. The lowest BCUT2D eigenvalue weighted by Gasteiger charge is -2.45. The summed E-state index contributed by atoms with van der Waals surface area (Å²) in [6.07, 6.45) is 1.69. The second kappa shape index (κ2) is 11.2. The number of carbonyl (C=O) groups is 3. The minimum Gasteiger partial charge on any atom is -0.347 e. The fraction of sp³-hybridized carbons (Fsp3) is 0.500. The molecular weight excluding hydrogens is 483 g/mol. The van der Waals surface area contributed by atoms with Crippen molar-refractivity contribution in [1.29, 1.82) is 0 Å². The highest BCUT2D eigenvalue weighted by molar-refractivity contribution is 6.00. The number of hydrogen-bond acceptors (Lipinski definition) is 4. The average molecular weight is 523 g/mol. The first-order valence-electron chi connectivity index (χ1n) is 13.3. The minimum absolute atomic E-state index is 0.0794. The first kappa shape index (κ1) is 27.8. The van der Waals surface area contributed by atoms with Gasteiger partial charge in [-0.2, -0.15) is 0 Å². The van der Waals surface area contributed by atoms with Crippen LogP contribution in [0.25, 0.3) is 0 Å². The Hall–Kier alpha value is -3.26. The Morgan fingerprint density at radius 3 is 2.21 bits per heavy atom. The number of hydrogen-bond donors (Lipinski definition) is 1. The van der Waals surface area contributed by atoms with Crippen LogP contribution in [0.15, 0.2) is 42.5 Å². The van der Waals surface area contributed by atoms with Crippen LogP contribution in [0, 0.1) is 17.7 Å². The highest BCUT2D eigenvalue weighted by atomic mass is 19.1. The SMILES string of the molecule is CC(C)C[C@@H]1C(=O)N[C@H](C2Cc3ccccc3C2)C(=O)N1[C@@H](C(=O)N(C)C)c1ccc(CN(C)C)cc1F. The van der Waals surface area contributed by atoms with Gasteiger partial charge in [-0.05, 0) is 68.0 Å². The van der Waals surface area contributed by atoms with Crippen molar-refractivity contribution in [3.63, 3.8) is 0 Å². The summed E-state index contributed by atoms with van der Waals surface area (Å²) in [6, 6.07) is 9.93. The molecule has 3 amide bonds. The van der Waals surface area contributed by atoms with Crippen LogP contribution in [0.2, 0.25) is 0 Å². The highest BCUT2D eigenvalue weighted by Crippen LogP contribution is 2.36. The number of rotatable bonds is 8. The molecule has 0 radical (unpaired) electrons. The number of fused-ring (bicyclic) bond motifs is 1. The molecule has 4 rings (SSSR count). The van der Waals surface area contributed by atoms with Gasteiger partial charge in [0, 0.05) is 26.2 Å². The molecule has 1 saturated heterocycles. The van der Waals surface area contributed by atoms with Crippen molar-refractivity contribution in [3.05, 3.63) is 70.5 Å². The van der Waals surface area contributed by atoms with E-state index < -0.39 is 29.8 Å². The number of carbonyl (C=O) groups excluding carboxylic acids is 3. The van der Waals surface area contributed by atoms with Crippen molar-refractivity contribution >= 4 is 17.7 Å². The first-order chi connectivity index (χ1) is 18.0. The third-order valence-corrected chi connectivity index (χ3v) is 7.52. The first-order valence-corrected chi connectivity index (χ1v) is 13.3. The molecule has 1 N–H and O–H groups in total.